The van der Waals surface area contributed by atoms with E-state index < -0.39 is 0 Å². The summed E-state index contributed by atoms with van der Waals surface area (Å²) in [5.41, 5.74) is 8.74. The van der Waals surface area contributed by atoms with E-state index in [0.717, 1.165) is 45.5 Å². The second kappa shape index (κ2) is 9.98. The first-order valence-corrected chi connectivity index (χ1v) is 14.0. The van der Waals surface area contributed by atoms with Crippen molar-refractivity contribution in [3.8, 4) is 45.5 Å². The first-order chi connectivity index (χ1) is 20.9. The largest absolute Gasteiger partial charge is 0.309 e. The van der Waals surface area contributed by atoms with E-state index >= 15 is 0 Å². The fraction of sp³-hybridized carbons (Fsp3) is 0. The van der Waals surface area contributed by atoms with Crippen molar-refractivity contribution in [1.29, 1.82) is 0 Å². The van der Waals surface area contributed by atoms with Crippen LogP contribution in [0, 0.1) is 0 Å². The van der Waals surface area contributed by atoms with Crippen LogP contribution in [0.5, 0.6) is 0 Å². The predicted octanol–water partition coefficient (Wildman–Crippen LogP) is 8.76. The van der Waals surface area contributed by atoms with Crippen LogP contribution in [0.15, 0.2) is 152 Å². The standard InChI is InChI=1S/C37H25N5/c1-2-14-27(15-3-1)42-36(32-20-9-11-24-39-32)35(31-19-8-10-23-38-31)40-37(42)26-13-12-16-28(25-26)41-33-21-6-4-17-29(33)30-18-5-7-22-34(30)41/h1-25H. The smallest absolute Gasteiger partial charge is 0.145 e. The van der Waals surface area contributed by atoms with Crippen molar-refractivity contribution < 1.29 is 0 Å². The molecule has 4 aromatic heterocycles. The molecule has 4 aromatic carbocycles. The molecule has 0 aliphatic heterocycles. The number of pyridine rings is 2. The molecule has 0 spiro atoms. The van der Waals surface area contributed by atoms with E-state index in [1.165, 1.54) is 21.8 Å². The van der Waals surface area contributed by atoms with Crippen molar-refractivity contribution in [3.63, 3.8) is 0 Å². The van der Waals surface area contributed by atoms with Crippen molar-refractivity contribution in [1.82, 2.24) is 24.1 Å². The second-order valence-corrected chi connectivity index (χ2v) is 10.2. The number of rotatable bonds is 5. The summed E-state index contributed by atoms with van der Waals surface area (Å²) in [7, 11) is 0. The normalized spacial score (nSPS) is 11.3. The lowest BCUT2D eigenvalue weighted by molar-refractivity contribution is 1.06. The summed E-state index contributed by atoms with van der Waals surface area (Å²) in [6.07, 6.45) is 3.63. The Bertz CT molecular complexity index is 2130. The van der Waals surface area contributed by atoms with Gasteiger partial charge in [-0.2, -0.15) is 0 Å². The monoisotopic (exact) mass is 539 g/mol. The third-order valence-electron chi connectivity index (χ3n) is 7.65. The van der Waals surface area contributed by atoms with Crippen LogP contribution < -0.4 is 0 Å². The predicted molar refractivity (Wildman–Crippen MR) is 170 cm³/mol. The van der Waals surface area contributed by atoms with Crippen LogP contribution in [0.25, 0.3) is 67.3 Å². The average molecular weight is 540 g/mol. The minimum Gasteiger partial charge on any atom is -0.309 e. The topological polar surface area (TPSA) is 48.5 Å². The minimum atomic E-state index is 0.787. The minimum absolute atomic E-state index is 0.787. The molecule has 4 heterocycles. The lowest BCUT2D eigenvalue weighted by Crippen LogP contribution is -2.02. The van der Waals surface area contributed by atoms with Gasteiger partial charge in [0, 0.05) is 40.1 Å². The molecule has 8 aromatic rings. The molecule has 0 atom stereocenters. The Hall–Kier alpha value is -5.81. The van der Waals surface area contributed by atoms with Crippen LogP contribution in [0.3, 0.4) is 0 Å². The van der Waals surface area contributed by atoms with Gasteiger partial charge in [-0.1, -0.05) is 78.9 Å². The van der Waals surface area contributed by atoms with E-state index in [0.29, 0.717) is 0 Å². The molecule has 8 rings (SSSR count). The van der Waals surface area contributed by atoms with Gasteiger partial charge in [-0.05, 0) is 60.7 Å². The molecule has 0 aliphatic rings. The number of hydrogen-bond acceptors (Lipinski definition) is 3. The van der Waals surface area contributed by atoms with Crippen molar-refractivity contribution in [2.24, 2.45) is 0 Å². The van der Waals surface area contributed by atoms with Crippen LogP contribution >= 0.6 is 0 Å². The van der Waals surface area contributed by atoms with Gasteiger partial charge < -0.3 is 4.57 Å². The van der Waals surface area contributed by atoms with E-state index in [4.69, 9.17) is 15.0 Å². The molecule has 0 aliphatic carbocycles. The zero-order chi connectivity index (χ0) is 27.9. The number of hydrogen-bond donors (Lipinski definition) is 0. The SMILES string of the molecule is c1ccc(-n2c(-c3cccc(-n4c5ccccc5c5ccccc54)c3)nc(-c3ccccn3)c2-c2ccccn2)cc1. The Balaban J connectivity index is 1.42. The lowest BCUT2D eigenvalue weighted by atomic mass is 10.1. The van der Waals surface area contributed by atoms with Crippen molar-refractivity contribution >= 4 is 21.8 Å². The number of nitrogens with zero attached hydrogens (tertiary/aromatic N) is 5. The first-order valence-electron chi connectivity index (χ1n) is 14.0. The summed E-state index contributed by atoms with van der Waals surface area (Å²) in [6, 6.07) is 48.0. The Morgan fingerprint density at radius 2 is 1.05 bits per heavy atom. The molecule has 5 heteroatoms. The number of aromatic nitrogens is 5. The van der Waals surface area contributed by atoms with Crippen molar-refractivity contribution in [2.45, 2.75) is 0 Å². The van der Waals surface area contributed by atoms with Crippen LogP contribution in [0.2, 0.25) is 0 Å². The molecule has 0 fully saturated rings. The molecule has 0 amide bonds. The zero-order valence-electron chi connectivity index (χ0n) is 22.7. The first kappa shape index (κ1) is 24.0. The van der Waals surface area contributed by atoms with Crippen LogP contribution in [-0.2, 0) is 0 Å². The Labute approximate surface area is 243 Å². The second-order valence-electron chi connectivity index (χ2n) is 10.2. The molecular weight excluding hydrogens is 514 g/mol. The van der Waals surface area contributed by atoms with Crippen LogP contribution in [0.4, 0.5) is 0 Å². The Kier molecular flexibility index (Phi) is 5.71. The molecule has 0 saturated heterocycles. The van der Waals surface area contributed by atoms with Gasteiger partial charge in [0.05, 0.1) is 22.4 Å². The molecular formula is C37H25N5. The maximum absolute atomic E-state index is 5.30. The quantitative estimate of drug-likeness (QED) is 0.220. The highest BCUT2D eigenvalue weighted by molar-refractivity contribution is 6.09. The molecule has 0 radical (unpaired) electrons. The van der Waals surface area contributed by atoms with Gasteiger partial charge in [-0.25, -0.2) is 4.98 Å². The number of para-hydroxylation sites is 3. The number of benzene rings is 4. The fourth-order valence-electron chi connectivity index (χ4n) is 5.85. The van der Waals surface area contributed by atoms with Crippen molar-refractivity contribution in [3.05, 3.63) is 152 Å². The van der Waals surface area contributed by atoms with Gasteiger partial charge >= 0.3 is 0 Å². The van der Waals surface area contributed by atoms with E-state index in [1.807, 2.05) is 54.9 Å². The molecule has 0 saturated carbocycles. The zero-order valence-corrected chi connectivity index (χ0v) is 22.7. The Morgan fingerprint density at radius 3 is 1.71 bits per heavy atom. The molecule has 42 heavy (non-hydrogen) atoms. The molecule has 0 unspecified atom stereocenters. The highest BCUT2D eigenvalue weighted by Crippen LogP contribution is 2.38. The van der Waals surface area contributed by atoms with Gasteiger partial charge in [0.1, 0.15) is 17.2 Å². The highest BCUT2D eigenvalue weighted by Gasteiger charge is 2.24. The van der Waals surface area contributed by atoms with Gasteiger partial charge in [0.15, 0.2) is 0 Å². The van der Waals surface area contributed by atoms with Crippen LogP contribution in [-0.4, -0.2) is 24.1 Å². The summed E-state index contributed by atoms with van der Waals surface area (Å²) in [5.74, 6) is 0.824. The van der Waals surface area contributed by atoms with E-state index in [9.17, 15) is 0 Å². The molecule has 0 N–H and O–H groups in total. The number of fused-ring (bicyclic) bond motifs is 3. The van der Waals surface area contributed by atoms with E-state index in [1.54, 1.807) is 0 Å². The Morgan fingerprint density at radius 1 is 0.452 bits per heavy atom. The van der Waals surface area contributed by atoms with E-state index in [2.05, 4.69) is 106 Å². The van der Waals surface area contributed by atoms with Gasteiger partial charge in [-0.3, -0.25) is 14.5 Å². The summed E-state index contributed by atoms with van der Waals surface area (Å²) in [5, 5.41) is 2.47. The summed E-state index contributed by atoms with van der Waals surface area (Å²) in [6.45, 7) is 0. The summed E-state index contributed by atoms with van der Waals surface area (Å²) < 4.78 is 4.54. The van der Waals surface area contributed by atoms with Gasteiger partial charge in [0.25, 0.3) is 0 Å². The summed E-state index contributed by atoms with van der Waals surface area (Å²) >= 11 is 0. The third kappa shape index (κ3) is 3.91. The molecule has 5 nitrogen and oxygen atoms in total. The highest BCUT2D eigenvalue weighted by atomic mass is 15.1. The molecule has 198 valence electrons. The fourth-order valence-corrected chi connectivity index (χ4v) is 5.85. The van der Waals surface area contributed by atoms with Gasteiger partial charge in [0.2, 0.25) is 0 Å². The van der Waals surface area contributed by atoms with E-state index in [-0.39, 0.29) is 0 Å². The third-order valence-corrected chi connectivity index (χ3v) is 7.65. The van der Waals surface area contributed by atoms with Crippen LogP contribution in [0.1, 0.15) is 0 Å². The summed E-state index contributed by atoms with van der Waals surface area (Å²) in [4.78, 5) is 14.8. The van der Waals surface area contributed by atoms with Crippen molar-refractivity contribution in [2.75, 3.05) is 0 Å². The van der Waals surface area contributed by atoms with Gasteiger partial charge in [-0.15, -0.1) is 0 Å². The average Bonchev–Trinajstić information content (AvgIpc) is 3.63. The molecule has 0 bridgehead atoms. The lowest BCUT2D eigenvalue weighted by Gasteiger charge is -2.14. The number of imidazole rings is 1. The maximum atomic E-state index is 5.30. The maximum Gasteiger partial charge on any atom is 0.145 e.